The van der Waals surface area contributed by atoms with E-state index in [1.54, 1.807) is 0 Å². The van der Waals surface area contributed by atoms with E-state index in [1.807, 2.05) is 6.92 Å². The lowest BCUT2D eigenvalue weighted by molar-refractivity contribution is -0.145. The van der Waals surface area contributed by atoms with Gasteiger partial charge in [0.2, 0.25) is 0 Å². The van der Waals surface area contributed by atoms with Gasteiger partial charge in [-0.1, -0.05) is 286 Å². The summed E-state index contributed by atoms with van der Waals surface area (Å²) >= 11 is 0. The summed E-state index contributed by atoms with van der Waals surface area (Å²) in [6, 6.07) is 0. The van der Waals surface area contributed by atoms with Gasteiger partial charge in [-0.25, -0.2) is 0 Å². The second-order valence-corrected chi connectivity index (χ2v) is 36.3. The number of piperidine rings is 7. The van der Waals surface area contributed by atoms with Gasteiger partial charge in [0, 0.05) is 91.5 Å². The third kappa shape index (κ3) is 84.1. The van der Waals surface area contributed by atoms with Gasteiger partial charge >= 0.3 is 17.9 Å². The number of carbonyl (C=O) groups is 3. The molecule has 0 spiro atoms. The second kappa shape index (κ2) is 96.1. The van der Waals surface area contributed by atoms with Gasteiger partial charge in [0.05, 0.1) is 26.4 Å². The van der Waals surface area contributed by atoms with Crippen molar-refractivity contribution in [1.29, 1.82) is 0 Å². The Kier molecular flexibility index (Phi) is 92.8. The van der Waals surface area contributed by atoms with E-state index < -0.39 is 0 Å². The van der Waals surface area contributed by atoms with Crippen LogP contribution in [0.15, 0.2) is 0 Å². The Morgan fingerprint density at radius 3 is 0.533 bits per heavy atom. The molecule has 0 aliphatic carbocycles. The lowest BCUT2D eigenvalue weighted by Crippen LogP contribution is -2.33. The SMILES string of the molecule is CCCC(=O)OCCN1CCCCC1.CCCCCC(=O)OCCN1CCCCC1.CCCCCCCC(=O)OCCN1CCCCC1.CCCCCCCCCCCCOCCN1CCCCC1.CCCCCCCCCCOCCN1CCCCC1.CCCCCCCCOCCN1CCCCC1.CCCCCCOCCN1CCCCC1. The van der Waals surface area contributed by atoms with Crippen molar-refractivity contribution in [3.8, 4) is 0 Å². The molecule has 714 valence electrons. The third-order valence-corrected chi connectivity index (χ3v) is 24.9. The predicted molar refractivity (Wildman–Crippen MR) is 513 cm³/mol. The van der Waals surface area contributed by atoms with Crippen LogP contribution in [0.1, 0.15) is 440 Å². The summed E-state index contributed by atoms with van der Waals surface area (Å²) in [7, 11) is 0. The molecular weight excluding hydrogens is 1500 g/mol. The highest BCUT2D eigenvalue weighted by molar-refractivity contribution is 5.69. The Hall–Kier alpha value is -2.03. The summed E-state index contributed by atoms with van der Waals surface area (Å²) < 4.78 is 38.4. The lowest BCUT2D eigenvalue weighted by Gasteiger charge is -2.26. The quantitative estimate of drug-likeness (QED) is 0.0324. The first-order valence-corrected chi connectivity index (χ1v) is 53.1. The largest absolute Gasteiger partial charge is 0.464 e. The van der Waals surface area contributed by atoms with E-state index in [2.05, 4.69) is 75.8 Å². The van der Waals surface area contributed by atoms with E-state index >= 15 is 0 Å². The molecule has 17 nitrogen and oxygen atoms in total. The molecule has 0 aromatic carbocycles. The molecule has 0 atom stereocenters. The Morgan fingerprint density at radius 1 is 0.167 bits per heavy atom. The van der Waals surface area contributed by atoms with Gasteiger partial charge in [0.15, 0.2) is 0 Å². The first-order valence-electron chi connectivity index (χ1n) is 53.1. The average molecular weight is 1700 g/mol. The Bertz CT molecular complexity index is 2010. The van der Waals surface area contributed by atoms with E-state index in [9.17, 15) is 14.4 Å². The molecule has 7 aliphatic heterocycles. The van der Waals surface area contributed by atoms with Crippen molar-refractivity contribution in [2.45, 2.75) is 440 Å². The van der Waals surface area contributed by atoms with Crippen molar-refractivity contribution < 1.29 is 47.5 Å². The fourth-order valence-electron chi connectivity index (χ4n) is 16.8. The molecule has 0 bridgehead atoms. The second-order valence-electron chi connectivity index (χ2n) is 36.3. The molecule has 7 aliphatic rings. The molecule has 7 fully saturated rings. The lowest BCUT2D eigenvalue weighted by atomic mass is 10.1. The number of nitrogens with zero attached hydrogens (tertiary/aromatic N) is 7. The summed E-state index contributed by atoms with van der Waals surface area (Å²) in [5.74, 6) is -0.0847. The van der Waals surface area contributed by atoms with Gasteiger partial charge in [-0.05, 0) is 226 Å². The number of carbonyl (C=O) groups excluding carboxylic acids is 3. The molecule has 7 rings (SSSR count). The molecular formula is C103H207N7O10. The highest BCUT2D eigenvalue weighted by atomic mass is 16.5. The van der Waals surface area contributed by atoms with Crippen molar-refractivity contribution >= 4 is 17.9 Å². The minimum absolute atomic E-state index is 0.0106. The average Bonchev–Trinajstić information content (AvgIpc) is 0.882. The summed E-state index contributed by atoms with van der Waals surface area (Å²) in [5.41, 5.74) is 0. The van der Waals surface area contributed by atoms with E-state index in [1.165, 1.54) is 426 Å². The number of hydrogen-bond donors (Lipinski definition) is 0. The number of hydrogen-bond acceptors (Lipinski definition) is 17. The molecule has 0 saturated carbocycles. The third-order valence-electron chi connectivity index (χ3n) is 24.9. The van der Waals surface area contributed by atoms with E-state index in [0.29, 0.717) is 39.1 Å². The van der Waals surface area contributed by atoms with Gasteiger partial charge in [0.1, 0.15) is 19.8 Å². The van der Waals surface area contributed by atoms with E-state index in [0.717, 1.165) is 137 Å². The topological polar surface area (TPSA) is 138 Å². The highest BCUT2D eigenvalue weighted by Gasteiger charge is 2.17. The van der Waals surface area contributed by atoms with Crippen molar-refractivity contribution in [2.75, 3.05) is 210 Å². The van der Waals surface area contributed by atoms with Crippen molar-refractivity contribution in [2.24, 2.45) is 0 Å². The number of unbranched alkanes of at least 4 members (excludes halogenated alkanes) is 30. The fourth-order valence-corrected chi connectivity index (χ4v) is 16.8. The molecule has 7 heterocycles. The number of rotatable bonds is 65. The Labute approximate surface area is 746 Å². The summed E-state index contributed by atoms with van der Waals surface area (Å²) in [6.07, 6.45) is 78.9. The summed E-state index contributed by atoms with van der Waals surface area (Å²) in [5, 5.41) is 0. The van der Waals surface area contributed by atoms with Gasteiger partial charge in [-0.2, -0.15) is 0 Å². The van der Waals surface area contributed by atoms with Gasteiger partial charge in [0.25, 0.3) is 0 Å². The van der Waals surface area contributed by atoms with Crippen LogP contribution in [-0.4, -0.2) is 262 Å². The molecule has 0 radical (unpaired) electrons. The zero-order valence-electron chi connectivity index (χ0n) is 81.5. The van der Waals surface area contributed by atoms with Crippen molar-refractivity contribution in [3.05, 3.63) is 0 Å². The monoisotopic (exact) mass is 1700 g/mol. The zero-order chi connectivity index (χ0) is 86.5. The van der Waals surface area contributed by atoms with Crippen LogP contribution in [0.4, 0.5) is 0 Å². The maximum Gasteiger partial charge on any atom is 0.305 e. The normalized spacial score (nSPS) is 17.2. The molecule has 7 saturated heterocycles. The number of likely N-dealkylation sites (tertiary alicyclic amines) is 7. The smallest absolute Gasteiger partial charge is 0.305 e. The predicted octanol–water partition coefficient (Wildman–Crippen LogP) is 24.7. The standard InChI is InChI=1S/C19H39NO.C17H35NO.C15H29NO2.C15H31NO.C13H25NO2.C13H27NO.C11H21NO2/c1-2-3-4-5-6-7-8-9-10-14-18-21-19-17-20-15-12-11-13-16-20;1-2-3-4-5-6-7-8-12-16-19-17-15-18-13-10-9-11-14-18;1-2-3-4-5-7-10-15(17)18-14-13-16-11-8-6-9-12-16;1-2-3-4-5-6-10-14-17-15-13-16-11-8-7-9-12-16;1-2-3-5-8-13(15)16-12-11-14-9-6-4-7-10-14;1-2-3-4-8-12-15-13-11-14-9-6-5-7-10-14;1-2-6-11(13)14-10-9-12-7-4-3-5-8-12/h2-19H2,1H3;2-17H2,1H3;2-14H2,1H3;2-15H2,1H3;2-12H2,1H3;2-13H2,1H3;2-10H2,1H3. The summed E-state index contributed by atoms with van der Waals surface area (Å²) in [6.45, 7) is 49.5. The molecule has 0 aromatic rings. The van der Waals surface area contributed by atoms with E-state index in [-0.39, 0.29) is 17.9 Å². The number of esters is 3. The maximum absolute atomic E-state index is 11.5. The minimum Gasteiger partial charge on any atom is -0.464 e. The van der Waals surface area contributed by atoms with Gasteiger partial charge in [-0.15, -0.1) is 0 Å². The van der Waals surface area contributed by atoms with Crippen LogP contribution in [0.5, 0.6) is 0 Å². The molecule has 0 unspecified atom stereocenters. The van der Waals surface area contributed by atoms with Crippen LogP contribution in [0.3, 0.4) is 0 Å². The van der Waals surface area contributed by atoms with Crippen molar-refractivity contribution in [1.82, 2.24) is 34.3 Å². The van der Waals surface area contributed by atoms with Crippen LogP contribution < -0.4 is 0 Å². The molecule has 17 heteroatoms. The molecule has 0 N–H and O–H groups in total. The fraction of sp³-hybridized carbons (Fsp3) is 0.971. The maximum atomic E-state index is 11.5. The van der Waals surface area contributed by atoms with Crippen LogP contribution >= 0.6 is 0 Å². The number of ether oxygens (including phenoxy) is 7. The van der Waals surface area contributed by atoms with Crippen LogP contribution in [0, 0.1) is 0 Å². The molecule has 0 aromatic heterocycles. The molecule has 120 heavy (non-hydrogen) atoms. The highest BCUT2D eigenvalue weighted by Crippen LogP contribution is 2.18. The Morgan fingerprint density at radius 2 is 0.325 bits per heavy atom. The minimum atomic E-state index is -0.0514. The molecule has 0 amide bonds. The first kappa shape index (κ1) is 116. The van der Waals surface area contributed by atoms with E-state index in [4.69, 9.17) is 33.2 Å². The van der Waals surface area contributed by atoms with Crippen LogP contribution in [0.2, 0.25) is 0 Å². The first-order chi connectivity index (χ1) is 59.2. The van der Waals surface area contributed by atoms with Crippen LogP contribution in [-0.2, 0) is 47.5 Å². The van der Waals surface area contributed by atoms with Gasteiger partial charge in [-0.3, -0.25) is 29.1 Å². The van der Waals surface area contributed by atoms with Crippen molar-refractivity contribution in [3.63, 3.8) is 0 Å². The summed E-state index contributed by atoms with van der Waals surface area (Å²) in [4.78, 5) is 51.2. The zero-order valence-corrected chi connectivity index (χ0v) is 81.5. The Balaban J connectivity index is 0.000000702. The van der Waals surface area contributed by atoms with Gasteiger partial charge < -0.3 is 52.8 Å². The van der Waals surface area contributed by atoms with Crippen LogP contribution in [0.25, 0.3) is 0 Å².